The van der Waals surface area contributed by atoms with Gasteiger partial charge in [0.25, 0.3) is 0 Å². The molecule has 1 saturated heterocycles. The number of nitrogens with one attached hydrogen (secondary N) is 1. The van der Waals surface area contributed by atoms with Gasteiger partial charge in [-0.15, -0.1) is 0 Å². The van der Waals surface area contributed by atoms with E-state index in [0.717, 1.165) is 24.6 Å². The fraction of sp³-hybridized carbons (Fsp3) is 0.800. The minimum atomic E-state index is 0.588. The SMILES string of the molecule is CCCN1CCC(Nc2nc(C)cn2CCC)CC1. The lowest BCUT2D eigenvalue weighted by Gasteiger charge is -2.32. The number of aryl methyl sites for hydroxylation is 2. The molecule has 1 aliphatic heterocycles. The lowest BCUT2D eigenvalue weighted by atomic mass is 10.1. The van der Waals surface area contributed by atoms with Gasteiger partial charge in [0.1, 0.15) is 0 Å². The second-order valence-corrected chi connectivity index (χ2v) is 5.66. The molecule has 19 heavy (non-hydrogen) atoms. The number of anilines is 1. The van der Waals surface area contributed by atoms with Crippen molar-refractivity contribution in [3.8, 4) is 0 Å². The van der Waals surface area contributed by atoms with E-state index in [1.165, 1.54) is 38.9 Å². The molecule has 0 aromatic carbocycles. The predicted molar refractivity (Wildman–Crippen MR) is 80.6 cm³/mol. The maximum atomic E-state index is 4.62. The third-order valence-corrected chi connectivity index (χ3v) is 3.82. The Labute approximate surface area is 117 Å². The van der Waals surface area contributed by atoms with Gasteiger partial charge in [0, 0.05) is 31.9 Å². The molecule has 1 aromatic rings. The van der Waals surface area contributed by atoms with Gasteiger partial charge in [0.2, 0.25) is 5.95 Å². The Morgan fingerprint density at radius 1 is 1.21 bits per heavy atom. The lowest BCUT2D eigenvalue weighted by Crippen LogP contribution is -2.39. The van der Waals surface area contributed by atoms with Crippen LogP contribution in [-0.4, -0.2) is 40.1 Å². The Morgan fingerprint density at radius 2 is 1.89 bits per heavy atom. The highest BCUT2D eigenvalue weighted by molar-refractivity contribution is 5.30. The molecule has 0 radical (unpaired) electrons. The van der Waals surface area contributed by atoms with E-state index in [4.69, 9.17) is 0 Å². The molecule has 0 bridgehead atoms. The fourth-order valence-electron chi connectivity index (χ4n) is 2.87. The van der Waals surface area contributed by atoms with Crippen LogP contribution in [0.4, 0.5) is 5.95 Å². The van der Waals surface area contributed by atoms with Crippen LogP contribution < -0.4 is 5.32 Å². The van der Waals surface area contributed by atoms with Crippen molar-refractivity contribution in [1.82, 2.24) is 14.5 Å². The Bertz CT molecular complexity index is 377. The number of likely N-dealkylation sites (tertiary alicyclic amines) is 1. The van der Waals surface area contributed by atoms with Crippen molar-refractivity contribution in [2.24, 2.45) is 0 Å². The van der Waals surface area contributed by atoms with Gasteiger partial charge in [-0.25, -0.2) is 4.98 Å². The van der Waals surface area contributed by atoms with Crippen molar-refractivity contribution in [3.63, 3.8) is 0 Å². The normalized spacial score (nSPS) is 17.8. The first kappa shape index (κ1) is 14.4. The number of aromatic nitrogens is 2. The average molecular weight is 264 g/mol. The minimum Gasteiger partial charge on any atom is -0.353 e. The molecule has 0 atom stereocenters. The molecule has 0 spiro atoms. The van der Waals surface area contributed by atoms with Gasteiger partial charge in [-0.2, -0.15) is 0 Å². The summed E-state index contributed by atoms with van der Waals surface area (Å²) in [7, 11) is 0. The van der Waals surface area contributed by atoms with E-state index in [1.54, 1.807) is 0 Å². The van der Waals surface area contributed by atoms with E-state index in [-0.39, 0.29) is 0 Å². The van der Waals surface area contributed by atoms with Crippen LogP contribution in [0.2, 0.25) is 0 Å². The highest BCUT2D eigenvalue weighted by Crippen LogP contribution is 2.17. The number of hydrogen-bond acceptors (Lipinski definition) is 3. The van der Waals surface area contributed by atoms with E-state index in [1.807, 2.05) is 0 Å². The Morgan fingerprint density at radius 3 is 2.53 bits per heavy atom. The van der Waals surface area contributed by atoms with Crippen molar-refractivity contribution in [3.05, 3.63) is 11.9 Å². The van der Waals surface area contributed by atoms with Gasteiger partial charge in [-0.1, -0.05) is 13.8 Å². The summed E-state index contributed by atoms with van der Waals surface area (Å²) in [5, 5.41) is 3.64. The standard InChI is InChI=1S/C15H28N4/c1-4-8-18-10-6-14(7-11-18)17-15-16-13(3)12-19(15)9-5-2/h12,14H,4-11H2,1-3H3,(H,16,17). The van der Waals surface area contributed by atoms with Crippen molar-refractivity contribution in [2.45, 2.75) is 59.0 Å². The summed E-state index contributed by atoms with van der Waals surface area (Å²) in [6.07, 6.45) is 7.03. The zero-order valence-corrected chi connectivity index (χ0v) is 12.7. The number of nitrogens with zero attached hydrogens (tertiary/aromatic N) is 3. The van der Waals surface area contributed by atoms with Crippen LogP contribution in [0.25, 0.3) is 0 Å². The van der Waals surface area contributed by atoms with Crippen LogP contribution in [0.1, 0.15) is 45.2 Å². The fourth-order valence-corrected chi connectivity index (χ4v) is 2.87. The highest BCUT2D eigenvalue weighted by Gasteiger charge is 2.19. The molecule has 4 heteroatoms. The molecular weight excluding hydrogens is 236 g/mol. The summed E-state index contributed by atoms with van der Waals surface area (Å²) in [4.78, 5) is 7.19. The van der Waals surface area contributed by atoms with Crippen LogP contribution in [0.5, 0.6) is 0 Å². The Kier molecular flexibility index (Phi) is 5.25. The van der Waals surface area contributed by atoms with E-state index in [9.17, 15) is 0 Å². The molecule has 1 aliphatic rings. The quantitative estimate of drug-likeness (QED) is 0.857. The van der Waals surface area contributed by atoms with Crippen molar-refractivity contribution >= 4 is 5.95 Å². The van der Waals surface area contributed by atoms with Gasteiger partial charge in [0.05, 0.1) is 5.69 Å². The predicted octanol–water partition coefficient (Wildman–Crippen LogP) is 2.89. The monoisotopic (exact) mass is 264 g/mol. The molecule has 4 nitrogen and oxygen atoms in total. The van der Waals surface area contributed by atoms with E-state index in [2.05, 4.69) is 46.7 Å². The summed E-state index contributed by atoms with van der Waals surface area (Å²) < 4.78 is 2.26. The number of imidazole rings is 1. The van der Waals surface area contributed by atoms with Gasteiger partial charge >= 0.3 is 0 Å². The first-order valence-corrected chi connectivity index (χ1v) is 7.75. The molecule has 0 saturated carbocycles. The minimum absolute atomic E-state index is 0.588. The molecule has 0 aliphatic carbocycles. The van der Waals surface area contributed by atoms with E-state index in [0.29, 0.717) is 6.04 Å². The van der Waals surface area contributed by atoms with Crippen LogP contribution in [0.15, 0.2) is 6.20 Å². The summed E-state index contributed by atoms with van der Waals surface area (Å²) >= 11 is 0. The number of piperidine rings is 1. The van der Waals surface area contributed by atoms with Gasteiger partial charge in [0.15, 0.2) is 0 Å². The van der Waals surface area contributed by atoms with Crippen LogP contribution in [-0.2, 0) is 6.54 Å². The molecule has 1 N–H and O–H groups in total. The average Bonchev–Trinajstić information content (AvgIpc) is 2.73. The second kappa shape index (κ2) is 6.94. The molecule has 108 valence electrons. The van der Waals surface area contributed by atoms with Crippen molar-refractivity contribution in [2.75, 3.05) is 25.0 Å². The lowest BCUT2D eigenvalue weighted by molar-refractivity contribution is 0.219. The van der Waals surface area contributed by atoms with Crippen LogP contribution >= 0.6 is 0 Å². The van der Waals surface area contributed by atoms with Gasteiger partial charge in [-0.05, 0) is 39.2 Å². The van der Waals surface area contributed by atoms with Crippen molar-refractivity contribution in [1.29, 1.82) is 0 Å². The number of hydrogen-bond donors (Lipinski definition) is 1. The number of rotatable bonds is 6. The summed E-state index contributed by atoms with van der Waals surface area (Å²) in [5.41, 5.74) is 1.11. The molecule has 1 fully saturated rings. The topological polar surface area (TPSA) is 33.1 Å². The molecular formula is C15H28N4. The Balaban J connectivity index is 1.88. The maximum Gasteiger partial charge on any atom is 0.203 e. The van der Waals surface area contributed by atoms with Crippen LogP contribution in [0.3, 0.4) is 0 Å². The van der Waals surface area contributed by atoms with Crippen LogP contribution in [0, 0.1) is 6.92 Å². The molecule has 0 unspecified atom stereocenters. The first-order valence-electron chi connectivity index (χ1n) is 7.75. The third-order valence-electron chi connectivity index (χ3n) is 3.82. The van der Waals surface area contributed by atoms with Crippen molar-refractivity contribution < 1.29 is 0 Å². The molecule has 2 rings (SSSR count). The Hall–Kier alpha value is -1.03. The largest absolute Gasteiger partial charge is 0.353 e. The maximum absolute atomic E-state index is 4.62. The summed E-state index contributed by atoms with van der Waals surface area (Å²) in [6.45, 7) is 11.3. The highest BCUT2D eigenvalue weighted by atomic mass is 15.2. The molecule has 2 heterocycles. The second-order valence-electron chi connectivity index (χ2n) is 5.66. The summed E-state index contributed by atoms with van der Waals surface area (Å²) in [5.74, 6) is 1.06. The first-order chi connectivity index (χ1) is 9.22. The third kappa shape index (κ3) is 3.96. The van der Waals surface area contributed by atoms with E-state index >= 15 is 0 Å². The molecule has 0 amide bonds. The van der Waals surface area contributed by atoms with Gasteiger partial charge < -0.3 is 14.8 Å². The van der Waals surface area contributed by atoms with E-state index < -0.39 is 0 Å². The van der Waals surface area contributed by atoms with Gasteiger partial charge in [-0.3, -0.25) is 0 Å². The summed E-state index contributed by atoms with van der Waals surface area (Å²) in [6, 6.07) is 0.588. The zero-order chi connectivity index (χ0) is 13.7. The zero-order valence-electron chi connectivity index (χ0n) is 12.7. The smallest absolute Gasteiger partial charge is 0.203 e. The molecule has 1 aromatic heterocycles.